The van der Waals surface area contributed by atoms with E-state index in [4.69, 9.17) is 0 Å². The van der Waals surface area contributed by atoms with Crippen LogP contribution in [0.25, 0.3) is 0 Å². The first-order chi connectivity index (χ1) is 11.1. The molecule has 0 aromatic carbocycles. The standard InChI is InChI=1S/C18H34N2O3.Na/c1-2-3-4-5-6-7-8-9-10-11-17-19-12-13-20(17,14-15-21)16-18(22)23;/h21H,2-16H2,1H3;. The number of aliphatic imine (C=N–C) groups is 1. The van der Waals surface area contributed by atoms with Crippen LogP contribution in [-0.4, -0.2) is 83.7 Å². The number of rotatable bonds is 14. The van der Waals surface area contributed by atoms with Gasteiger partial charge in [0.1, 0.15) is 19.6 Å². The zero-order chi connectivity index (χ0) is 17.0. The van der Waals surface area contributed by atoms with Gasteiger partial charge < -0.3 is 15.0 Å². The summed E-state index contributed by atoms with van der Waals surface area (Å²) in [6, 6.07) is 0. The minimum Gasteiger partial charge on any atom is -0.544 e. The number of quaternary nitrogens is 1. The molecule has 0 aromatic heterocycles. The molecule has 1 unspecified atom stereocenters. The van der Waals surface area contributed by atoms with Gasteiger partial charge in [0.25, 0.3) is 0 Å². The third-order valence-corrected chi connectivity index (χ3v) is 4.83. The van der Waals surface area contributed by atoms with Crippen molar-refractivity contribution < 1.29 is 19.5 Å². The van der Waals surface area contributed by atoms with Gasteiger partial charge in [0.05, 0.1) is 19.1 Å². The fraction of sp³-hybridized carbons (Fsp3) is 0.889. The van der Waals surface area contributed by atoms with E-state index in [2.05, 4.69) is 11.9 Å². The van der Waals surface area contributed by atoms with Gasteiger partial charge in [0.15, 0.2) is 5.84 Å². The second-order valence-corrected chi connectivity index (χ2v) is 6.72. The van der Waals surface area contributed by atoms with Crippen LogP contribution in [0.2, 0.25) is 0 Å². The molecule has 0 aromatic rings. The van der Waals surface area contributed by atoms with Gasteiger partial charge >= 0.3 is 0 Å². The summed E-state index contributed by atoms with van der Waals surface area (Å²) in [7, 11) is 0. The van der Waals surface area contributed by atoms with Crippen molar-refractivity contribution in [2.45, 2.75) is 71.1 Å². The zero-order valence-electron chi connectivity index (χ0n) is 15.8. The fourth-order valence-electron chi connectivity index (χ4n) is 3.49. The Hall–Kier alpha value is 0.0600. The maximum absolute atomic E-state index is 11.0. The molecule has 0 fully saturated rings. The third kappa shape index (κ3) is 8.95. The van der Waals surface area contributed by atoms with Gasteiger partial charge in [-0.2, -0.15) is 0 Å². The van der Waals surface area contributed by atoms with Gasteiger partial charge in [-0.3, -0.25) is 4.48 Å². The summed E-state index contributed by atoms with van der Waals surface area (Å²) in [5, 5.41) is 20.3. The summed E-state index contributed by atoms with van der Waals surface area (Å²) in [5.41, 5.74) is 0. The van der Waals surface area contributed by atoms with Gasteiger partial charge in [0.2, 0.25) is 0 Å². The van der Waals surface area contributed by atoms with Crippen LogP contribution in [-0.2, 0) is 4.79 Å². The Bertz CT molecular complexity index is 377. The predicted octanol–water partition coefficient (Wildman–Crippen LogP) is 1.50. The van der Waals surface area contributed by atoms with Crippen LogP contribution in [0.3, 0.4) is 0 Å². The number of nitrogens with zero attached hydrogens (tertiary/aromatic N) is 2. The first-order valence-corrected chi connectivity index (χ1v) is 9.35. The van der Waals surface area contributed by atoms with Gasteiger partial charge in [-0.05, 0) is 6.42 Å². The van der Waals surface area contributed by atoms with Crippen molar-refractivity contribution >= 4 is 41.4 Å². The van der Waals surface area contributed by atoms with E-state index in [9.17, 15) is 15.0 Å². The molecule has 0 saturated heterocycles. The summed E-state index contributed by atoms with van der Waals surface area (Å²) in [6.45, 7) is 3.95. The number of carbonyl (C=O) groups is 1. The largest absolute Gasteiger partial charge is 0.544 e. The van der Waals surface area contributed by atoms with E-state index in [1.54, 1.807) is 0 Å². The molecule has 0 saturated carbocycles. The molecule has 1 aliphatic rings. The maximum Gasteiger partial charge on any atom is 0.198 e. The summed E-state index contributed by atoms with van der Waals surface area (Å²) >= 11 is 0. The normalized spacial score (nSPS) is 19.8. The molecule has 0 bridgehead atoms. The second-order valence-electron chi connectivity index (χ2n) is 6.72. The van der Waals surface area contributed by atoms with Crippen LogP contribution in [0.15, 0.2) is 4.99 Å². The van der Waals surface area contributed by atoms with Crippen LogP contribution < -0.4 is 5.11 Å². The van der Waals surface area contributed by atoms with Crippen molar-refractivity contribution in [2.24, 2.45) is 4.99 Å². The molecule has 0 amide bonds. The first kappa shape index (κ1) is 24.1. The molecule has 0 spiro atoms. The van der Waals surface area contributed by atoms with E-state index in [0.717, 1.165) is 18.7 Å². The minimum atomic E-state index is -1.06. The number of hydrogen-bond donors (Lipinski definition) is 1. The van der Waals surface area contributed by atoms with Crippen molar-refractivity contribution in [3.8, 4) is 0 Å². The Kier molecular flexibility index (Phi) is 14.3. The zero-order valence-corrected chi connectivity index (χ0v) is 17.8. The molecular weight excluding hydrogens is 315 g/mol. The van der Waals surface area contributed by atoms with Crippen LogP contribution in [0.5, 0.6) is 0 Å². The van der Waals surface area contributed by atoms with Gasteiger partial charge in [-0.25, -0.2) is 4.99 Å². The van der Waals surface area contributed by atoms with E-state index in [1.165, 1.54) is 51.4 Å². The van der Waals surface area contributed by atoms with Crippen molar-refractivity contribution in [1.82, 2.24) is 0 Å². The predicted molar refractivity (Wildman–Crippen MR) is 96.9 cm³/mol. The van der Waals surface area contributed by atoms with E-state index in [0.29, 0.717) is 24.1 Å². The molecule has 1 atom stereocenters. The van der Waals surface area contributed by atoms with E-state index >= 15 is 0 Å². The number of aliphatic hydroxyl groups is 1. The Balaban J connectivity index is 0.00000529. The van der Waals surface area contributed by atoms with Crippen LogP contribution in [0.4, 0.5) is 0 Å². The van der Waals surface area contributed by atoms with E-state index in [1.807, 2.05) is 0 Å². The number of carboxylic acids is 1. The molecule has 1 radical (unpaired) electrons. The molecule has 24 heavy (non-hydrogen) atoms. The molecule has 1 heterocycles. The molecular formula is C18H34N2NaO3. The van der Waals surface area contributed by atoms with Crippen molar-refractivity contribution in [1.29, 1.82) is 0 Å². The molecule has 1 aliphatic heterocycles. The topological polar surface area (TPSA) is 72.7 Å². The third-order valence-electron chi connectivity index (χ3n) is 4.83. The molecule has 6 heteroatoms. The average molecular weight is 349 g/mol. The average Bonchev–Trinajstić information content (AvgIpc) is 2.87. The number of carboxylic acid groups (broad SMARTS) is 1. The molecule has 0 aliphatic carbocycles. The summed E-state index contributed by atoms with van der Waals surface area (Å²) in [6.07, 6.45) is 12.3. The number of aliphatic carboxylic acids is 1. The first-order valence-electron chi connectivity index (χ1n) is 9.35. The van der Waals surface area contributed by atoms with Crippen molar-refractivity contribution in [3.63, 3.8) is 0 Å². The van der Waals surface area contributed by atoms with Gasteiger partial charge in [-0.1, -0.05) is 58.3 Å². The van der Waals surface area contributed by atoms with Gasteiger partial charge in [0, 0.05) is 36.0 Å². The molecule has 135 valence electrons. The smallest absolute Gasteiger partial charge is 0.198 e. The number of unbranched alkanes of at least 4 members (excludes halogenated alkanes) is 8. The molecule has 1 N–H and O–H groups in total. The Morgan fingerprint density at radius 1 is 1.12 bits per heavy atom. The van der Waals surface area contributed by atoms with Crippen molar-refractivity contribution in [3.05, 3.63) is 0 Å². The van der Waals surface area contributed by atoms with Crippen LogP contribution in [0.1, 0.15) is 71.1 Å². The van der Waals surface area contributed by atoms with Crippen LogP contribution >= 0.6 is 0 Å². The maximum atomic E-state index is 11.0. The Labute approximate surface area is 169 Å². The summed E-state index contributed by atoms with van der Waals surface area (Å²) < 4.78 is 0.301. The SMILES string of the molecule is CCCCCCCCCCCC1=NCC[N+]1(CCO)CC(=O)[O-].[Na]. The number of hydrogen-bond acceptors (Lipinski definition) is 4. The fourth-order valence-corrected chi connectivity index (χ4v) is 3.49. The monoisotopic (exact) mass is 349 g/mol. The van der Waals surface area contributed by atoms with Gasteiger partial charge in [-0.15, -0.1) is 0 Å². The minimum absolute atomic E-state index is 0. The number of aliphatic hydroxyl groups excluding tert-OH is 1. The Morgan fingerprint density at radius 3 is 2.25 bits per heavy atom. The molecule has 1 rings (SSSR count). The van der Waals surface area contributed by atoms with E-state index < -0.39 is 5.97 Å². The number of amidine groups is 1. The van der Waals surface area contributed by atoms with Crippen LogP contribution in [0, 0.1) is 0 Å². The van der Waals surface area contributed by atoms with Crippen molar-refractivity contribution in [2.75, 3.05) is 32.8 Å². The molecule has 5 nitrogen and oxygen atoms in total. The quantitative estimate of drug-likeness (QED) is 0.293. The number of carbonyl (C=O) groups excluding carboxylic acids is 1. The summed E-state index contributed by atoms with van der Waals surface area (Å²) in [5.74, 6) is -0.105. The van der Waals surface area contributed by atoms with E-state index in [-0.39, 0.29) is 42.7 Å². The second kappa shape index (κ2) is 14.3. The Morgan fingerprint density at radius 2 is 1.71 bits per heavy atom. The summed E-state index contributed by atoms with van der Waals surface area (Å²) in [4.78, 5) is 15.6.